The van der Waals surface area contributed by atoms with E-state index >= 15 is 0 Å². The van der Waals surface area contributed by atoms with Crippen LogP contribution in [0.4, 0.5) is 4.79 Å². The van der Waals surface area contributed by atoms with Gasteiger partial charge in [0.05, 0.1) is 23.4 Å². The van der Waals surface area contributed by atoms with E-state index in [1.165, 1.54) is 4.57 Å². The van der Waals surface area contributed by atoms with Crippen molar-refractivity contribution < 1.29 is 23.8 Å². The van der Waals surface area contributed by atoms with Gasteiger partial charge in [0, 0.05) is 36.7 Å². The molecule has 4 rings (SSSR count). The maximum Gasteiger partial charge on any atom is 0.419 e. The molecule has 0 unspecified atom stereocenters. The number of carbonyl (C=O) groups excluding carboxylic acids is 2. The quantitative estimate of drug-likeness (QED) is 0.504. The second kappa shape index (κ2) is 11.2. The number of aliphatic imine (C=N–C) groups is 1. The number of amides is 1. The fourth-order valence-electron chi connectivity index (χ4n) is 4.00. The molecular formula is C28H33N5O5. The zero-order chi connectivity index (χ0) is 27.4. The van der Waals surface area contributed by atoms with Crippen LogP contribution in [0, 0.1) is 0 Å². The number of nitrogens with one attached hydrogen (secondary N) is 1. The number of hydrogen-bond donors (Lipinski definition) is 1. The molecule has 2 aliphatic rings. The highest BCUT2D eigenvalue weighted by Crippen LogP contribution is 2.29. The Morgan fingerprint density at radius 3 is 2.55 bits per heavy atom. The first-order valence-corrected chi connectivity index (χ1v) is 12.5. The highest BCUT2D eigenvalue weighted by molar-refractivity contribution is 6.04. The Balaban J connectivity index is 1.61. The van der Waals surface area contributed by atoms with E-state index in [9.17, 15) is 9.59 Å². The van der Waals surface area contributed by atoms with E-state index in [1.807, 2.05) is 32.2 Å². The highest BCUT2D eigenvalue weighted by Gasteiger charge is 2.27. The molecule has 10 nitrogen and oxygen atoms in total. The lowest BCUT2D eigenvalue weighted by Gasteiger charge is -2.26. The molecule has 0 saturated heterocycles. The van der Waals surface area contributed by atoms with Crippen LogP contribution >= 0.6 is 0 Å². The predicted octanol–water partition coefficient (Wildman–Crippen LogP) is 4.70. The SMILES string of the molecule is C=C1C=C(C(=O)NCc2cc3c(cn2)cc(C(OCC)OCC)n3C(=O)OC(C)(C)C)N=C2C=CC=CN12. The first-order chi connectivity index (χ1) is 18.1. The summed E-state index contributed by atoms with van der Waals surface area (Å²) in [5.74, 6) is 0.254. The Bertz CT molecular complexity index is 1370. The van der Waals surface area contributed by atoms with Crippen LogP contribution in [-0.2, 0) is 25.5 Å². The van der Waals surface area contributed by atoms with Crippen molar-refractivity contribution in [2.45, 2.75) is 53.1 Å². The van der Waals surface area contributed by atoms with Crippen molar-refractivity contribution in [1.29, 1.82) is 0 Å². The Morgan fingerprint density at radius 1 is 1.13 bits per heavy atom. The van der Waals surface area contributed by atoms with Gasteiger partial charge < -0.3 is 24.4 Å². The van der Waals surface area contributed by atoms with Gasteiger partial charge in [0.1, 0.15) is 17.1 Å². The summed E-state index contributed by atoms with van der Waals surface area (Å²) < 4.78 is 18.7. The van der Waals surface area contributed by atoms with Gasteiger partial charge in [-0.1, -0.05) is 12.7 Å². The van der Waals surface area contributed by atoms with Crippen LogP contribution in [0.2, 0.25) is 0 Å². The first-order valence-electron chi connectivity index (χ1n) is 12.5. The maximum absolute atomic E-state index is 13.3. The third-order valence-corrected chi connectivity index (χ3v) is 5.57. The molecule has 0 bridgehead atoms. The monoisotopic (exact) mass is 519 g/mol. The molecule has 0 atom stereocenters. The number of nitrogens with zero attached hydrogens (tertiary/aromatic N) is 4. The Morgan fingerprint density at radius 2 is 1.87 bits per heavy atom. The zero-order valence-electron chi connectivity index (χ0n) is 22.4. The minimum absolute atomic E-state index is 0.123. The minimum Gasteiger partial charge on any atom is -0.443 e. The van der Waals surface area contributed by atoms with E-state index in [0.29, 0.717) is 47.0 Å². The topological polar surface area (TPSA) is 107 Å². The number of fused-ring (bicyclic) bond motifs is 2. The molecule has 0 aliphatic carbocycles. The maximum atomic E-state index is 13.3. The third-order valence-electron chi connectivity index (χ3n) is 5.57. The summed E-state index contributed by atoms with van der Waals surface area (Å²) in [5, 5.41) is 3.56. The summed E-state index contributed by atoms with van der Waals surface area (Å²) in [6.07, 6.45) is 9.31. The van der Waals surface area contributed by atoms with Crippen LogP contribution in [0.25, 0.3) is 10.9 Å². The smallest absolute Gasteiger partial charge is 0.419 e. The van der Waals surface area contributed by atoms with E-state index in [1.54, 1.807) is 56.2 Å². The van der Waals surface area contributed by atoms with Crippen LogP contribution in [0.15, 0.2) is 71.8 Å². The summed E-state index contributed by atoms with van der Waals surface area (Å²) in [4.78, 5) is 36.9. The number of pyridine rings is 1. The van der Waals surface area contributed by atoms with Gasteiger partial charge in [0.25, 0.3) is 5.91 Å². The summed E-state index contributed by atoms with van der Waals surface area (Å²) >= 11 is 0. The molecule has 0 radical (unpaired) electrons. The fourth-order valence-corrected chi connectivity index (χ4v) is 4.00. The van der Waals surface area contributed by atoms with Gasteiger partial charge in [-0.15, -0.1) is 0 Å². The molecule has 2 aliphatic heterocycles. The highest BCUT2D eigenvalue weighted by atomic mass is 16.7. The molecule has 2 aromatic rings. The van der Waals surface area contributed by atoms with Crippen molar-refractivity contribution in [3.8, 4) is 0 Å². The second-order valence-electron chi connectivity index (χ2n) is 9.61. The Kier molecular flexibility index (Phi) is 7.94. The van der Waals surface area contributed by atoms with Gasteiger partial charge >= 0.3 is 6.09 Å². The molecule has 0 saturated carbocycles. The molecule has 4 heterocycles. The molecule has 38 heavy (non-hydrogen) atoms. The number of ether oxygens (including phenoxy) is 3. The van der Waals surface area contributed by atoms with Crippen LogP contribution in [-0.4, -0.2) is 51.1 Å². The van der Waals surface area contributed by atoms with Gasteiger partial charge in [-0.3, -0.25) is 9.78 Å². The van der Waals surface area contributed by atoms with Crippen LogP contribution in [0.5, 0.6) is 0 Å². The largest absolute Gasteiger partial charge is 0.443 e. The molecule has 0 fully saturated rings. The molecule has 1 N–H and O–H groups in total. The molecule has 1 amide bonds. The van der Waals surface area contributed by atoms with Crippen molar-refractivity contribution >= 4 is 28.7 Å². The van der Waals surface area contributed by atoms with E-state index in [2.05, 4.69) is 21.9 Å². The fraction of sp³-hybridized carbons (Fsp3) is 0.357. The van der Waals surface area contributed by atoms with Crippen molar-refractivity contribution in [2.75, 3.05) is 13.2 Å². The molecule has 2 aromatic heterocycles. The van der Waals surface area contributed by atoms with Gasteiger partial charge in [-0.05, 0) is 65.0 Å². The van der Waals surface area contributed by atoms with E-state index in [4.69, 9.17) is 14.2 Å². The number of carbonyl (C=O) groups is 2. The lowest BCUT2D eigenvalue weighted by molar-refractivity contribution is -0.143. The molecule has 200 valence electrons. The van der Waals surface area contributed by atoms with Crippen molar-refractivity contribution in [3.05, 3.63) is 78.2 Å². The third kappa shape index (κ3) is 5.92. The lowest BCUT2D eigenvalue weighted by atomic mass is 10.2. The number of aromatic nitrogens is 2. The zero-order valence-corrected chi connectivity index (χ0v) is 22.4. The van der Waals surface area contributed by atoms with Crippen LogP contribution in [0.3, 0.4) is 0 Å². The van der Waals surface area contributed by atoms with E-state index in [0.717, 1.165) is 0 Å². The normalized spacial score (nSPS) is 15.0. The number of rotatable bonds is 8. The standard InChI is InChI=1S/C28H33N5O5/c1-7-36-26(37-8-2)23-14-19-16-29-20(15-22(19)33(23)27(35)38-28(4,5)6)17-30-25(34)21-13-18(3)32-12-10-9-11-24(32)31-21/h9-16,26H,3,7-8,17H2,1-2,4-6H3,(H,30,34). The van der Waals surface area contributed by atoms with Crippen molar-refractivity contribution in [2.24, 2.45) is 4.99 Å². The van der Waals surface area contributed by atoms with Gasteiger partial charge in [0.2, 0.25) is 0 Å². The molecule has 10 heteroatoms. The van der Waals surface area contributed by atoms with Gasteiger partial charge in [0.15, 0.2) is 6.29 Å². The van der Waals surface area contributed by atoms with Crippen LogP contribution < -0.4 is 5.32 Å². The molecule has 0 spiro atoms. The molecule has 0 aromatic carbocycles. The van der Waals surface area contributed by atoms with E-state index in [-0.39, 0.29) is 18.1 Å². The van der Waals surface area contributed by atoms with Crippen LogP contribution in [0.1, 0.15) is 52.3 Å². The first kappa shape index (κ1) is 27.0. The Labute approximate surface area is 222 Å². The summed E-state index contributed by atoms with van der Waals surface area (Å²) in [6, 6.07) is 3.55. The van der Waals surface area contributed by atoms with Gasteiger partial charge in [-0.25, -0.2) is 14.4 Å². The minimum atomic E-state index is -0.762. The predicted molar refractivity (Wildman–Crippen MR) is 144 cm³/mol. The summed E-state index contributed by atoms with van der Waals surface area (Å²) in [6.45, 7) is 14.0. The molecular weight excluding hydrogens is 486 g/mol. The number of amidine groups is 1. The van der Waals surface area contributed by atoms with E-state index < -0.39 is 18.0 Å². The average Bonchev–Trinajstić information content (AvgIpc) is 3.25. The van der Waals surface area contributed by atoms with Gasteiger partial charge in [-0.2, -0.15) is 0 Å². The lowest BCUT2D eigenvalue weighted by Crippen LogP contribution is -2.31. The van der Waals surface area contributed by atoms with Crippen molar-refractivity contribution in [3.63, 3.8) is 0 Å². The second-order valence-corrected chi connectivity index (χ2v) is 9.61. The average molecular weight is 520 g/mol. The summed E-state index contributed by atoms with van der Waals surface area (Å²) in [7, 11) is 0. The number of hydrogen-bond acceptors (Lipinski definition) is 8. The van der Waals surface area contributed by atoms with Crippen molar-refractivity contribution in [1.82, 2.24) is 19.8 Å². The summed E-state index contributed by atoms with van der Waals surface area (Å²) in [5.41, 5.74) is 1.80. The number of allylic oxidation sites excluding steroid dienone is 3. The Hall–Kier alpha value is -4.02.